The highest BCUT2D eigenvalue weighted by Gasteiger charge is 2.40. The fourth-order valence-corrected chi connectivity index (χ4v) is 2.91. The summed E-state index contributed by atoms with van der Waals surface area (Å²) in [5, 5.41) is 19.7. The van der Waals surface area contributed by atoms with Crippen molar-refractivity contribution < 1.29 is 19.1 Å². The van der Waals surface area contributed by atoms with Crippen molar-refractivity contribution in [1.82, 2.24) is 20.3 Å². The van der Waals surface area contributed by atoms with Crippen LogP contribution in [-0.2, 0) is 4.79 Å². The second kappa shape index (κ2) is 6.15. The fraction of sp³-hybridized carbons (Fsp3) is 0.333. The Balaban J connectivity index is 1.77. The van der Waals surface area contributed by atoms with Gasteiger partial charge in [0.25, 0.3) is 5.91 Å². The van der Waals surface area contributed by atoms with Gasteiger partial charge in [0.1, 0.15) is 5.82 Å². The Hall–Kier alpha value is -2.77. The quantitative estimate of drug-likeness (QED) is 0.884. The first kappa shape index (κ1) is 15.1. The highest BCUT2D eigenvalue weighted by atomic mass is 19.1. The molecule has 1 aliphatic rings. The van der Waals surface area contributed by atoms with Crippen LogP contribution in [-0.4, -0.2) is 38.0 Å². The summed E-state index contributed by atoms with van der Waals surface area (Å²) in [5.74, 6) is -2.24. The predicted molar refractivity (Wildman–Crippen MR) is 77.1 cm³/mol. The molecule has 3 rings (SSSR count). The summed E-state index contributed by atoms with van der Waals surface area (Å²) in [6.07, 6.45) is 3.83. The number of nitrogens with one attached hydrogen (secondary N) is 1. The van der Waals surface area contributed by atoms with E-state index in [4.69, 9.17) is 0 Å². The number of hydrogen-bond donors (Lipinski definition) is 2. The Morgan fingerprint density at radius 1 is 1.26 bits per heavy atom. The van der Waals surface area contributed by atoms with Crippen molar-refractivity contribution in [3.63, 3.8) is 0 Å². The summed E-state index contributed by atoms with van der Waals surface area (Å²) in [7, 11) is 0. The number of hydrogen-bond acceptors (Lipinski definition) is 4. The van der Waals surface area contributed by atoms with E-state index in [1.165, 1.54) is 30.5 Å². The minimum atomic E-state index is -0.895. The summed E-state index contributed by atoms with van der Waals surface area (Å²) in [6.45, 7) is 0. The molecule has 1 aromatic heterocycles. The van der Waals surface area contributed by atoms with Crippen molar-refractivity contribution >= 4 is 11.9 Å². The van der Waals surface area contributed by atoms with Gasteiger partial charge in [-0.1, -0.05) is 5.21 Å². The highest BCUT2D eigenvalue weighted by Crippen LogP contribution is 2.34. The Labute approximate surface area is 131 Å². The number of aliphatic carboxylic acids is 1. The Bertz CT molecular complexity index is 702. The van der Waals surface area contributed by atoms with Gasteiger partial charge < -0.3 is 10.4 Å². The molecule has 120 valence electrons. The van der Waals surface area contributed by atoms with Gasteiger partial charge >= 0.3 is 5.97 Å². The molecule has 0 bridgehead atoms. The van der Waals surface area contributed by atoms with Gasteiger partial charge in [-0.3, -0.25) is 9.59 Å². The van der Waals surface area contributed by atoms with Crippen LogP contribution >= 0.6 is 0 Å². The van der Waals surface area contributed by atoms with E-state index in [9.17, 15) is 19.1 Å². The zero-order chi connectivity index (χ0) is 16.4. The number of nitrogens with zero attached hydrogens (tertiary/aromatic N) is 3. The normalized spacial score (nSPS) is 23.6. The van der Waals surface area contributed by atoms with Crippen molar-refractivity contribution in [3.8, 4) is 0 Å². The van der Waals surface area contributed by atoms with Crippen LogP contribution in [0.15, 0.2) is 36.7 Å². The number of carboxylic acids is 1. The molecule has 0 spiro atoms. The summed E-state index contributed by atoms with van der Waals surface area (Å²) >= 11 is 0. The van der Waals surface area contributed by atoms with Crippen LogP contribution in [0.2, 0.25) is 0 Å². The van der Waals surface area contributed by atoms with E-state index in [1.807, 2.05) is 0 Å². The number of benzene rings is 1. The molecule has 1 unspecified atom stereocenters. The van der Waals surface area contributed by atoms with Crippen LogP contribution in [0.5, 0.6) is 0 Å². The third-order valence-corrected chi connectivity index (χ3v) is 4.08. The van der Waals surface area contributed by atoms with E-state index in [2.05, 4.69) is 15.6 Å². The van der Waals surface area contributed by atoms with Gasteiger partial charge in [-0.25, -0.2) is 9.07 Å². The monoisotopic (exact) mass is 318 g/mol. The van der Waals surface area contributed by atoms with Gasteiger partial charge in [0.15, 0.2) is 0 Å². The maximum Gasteiger partial charge on any atom is 0.306 e. The first-order chi connectivity index (χ1) is 11.0. The van der Waals surface area contributed by atoms with Crippen LogP contribution in [0.25, 0.3) is 0 Å². The standard InChI is InChI=1S/C15H15FN4O3/c16-11-3-1-9(2-4-11)14(21)18-12-7-10(15(22)23)8-13(12)20-6-5-17-19-20/h1-6,10,12-13H,7-8H2,(H,18,21)(H,22,23)/t10?,12-,13+/m1/s1. The first-order valence-corrected chi connectivity index (χ1v) is 7.19. The van der Waals surface area contributed by atoms with Gasteiger partial charge in [0, 0.05) is 11.8 Å². The highest BCUT2D eigenvalue weighted by molar-refractivity contribution is 5.94. The van der Waals surface area contributed by atoms with Crippen molar-refractivity contribution in [3.05, 3.63) is 48.0 Å². The van der Waals surface area contributed by atoms with Crippen LogP contribution in [0.3, 0.4) is 0 Å². The summed E-state index contributed by atoms with van der Waals surface area (Å²) < 4.78 is 14.5. The van der Waals surface area contributed by atoms with Crippen LogP contribution < -0.4 is 5.32 Å². The van der Waals surface area contributed by atoms with E-state index in [1.54, 1.807) is 10.9 Å². The Kier molecular flexibility index (Phi) is 4.05. The van der Waals surface area contributed by atoms with Gasteiger partial charge in [-0.2, -0.15) is 0 Å². The molecule has 1 aromatic carbocycles. The molecular weight excluding hydrogens is 303 g/mol. The number of carbonyl (C=O) groups excluding carboxylic acids is 1. The van der Waals surface area contributed by atoms with Crippen molar-refractivity contribution in [1.29, 1.82) is 0 Å². The molecule has 1 amide bonds. The average molecular weight is 318 g/mol. The molecule has 1 fully saturated rings. The zero-order valence-corrected chi connectivity index (χ0v) is 12.1. The maximum absolute atomic E-state index is 12.9. The van der Waals surface area contributed by atoms with Crippen molar-refractivity contribution in [2.24, 2.45) is 5.92 Å². The largest absolute Gasteiger partial charge is 0.481 e. The number of halogens is 1. The summed E-state index contributed by atoms with van der Waals surface area (Å²) in [5.41, 5.74) is 0.322. The number of carboxylic acid groups (broad SMARTS) is 1. The SMILES string of the molecule is O=C(N[C@@H]1CC(C(=O)O)C[C@@H]1n1ccnn1)c1ccc(F)cc1. The summed E-state index contributed by atoms with van der Waals surface area (Å²) in [4.78, 5) is 23.5. The number of amides is 1. The lowest BCUT2D eigenvalue weighted by molar-refractivity contribution is -0.141. The number of aromatic nitrogens is 3. The molecular formula is C15H15FN4O3. The molecule has 0 aliphatic heterocycles. The lowest BCUT2D eigenvalue weighted by atomic mass is 10.1. The molecule has 2 N–H and O–H groups in total. The van der Waals surface area contributed by atoms with Gasteiger partial charge in [0.2, 0.25) is 0 Å². The molecule has 2 aromatic rings. The van der Waals surface area contributed by atoms with Crippen molar-refractivity contribution in [2.75, 3.05) is 0 Å². The molecule has 23 heavy (non-hydrogen) atoms. The second-order valence-corrected chi connectivity index (χ2v) is 5.54. The molecule has 1 heterocycles. The minimum absolute atomic E-state index is 0.275. The fourth-order valence-electron chi connectivity index (χ4n) is 2.91. The van der Waals surface area contributed by atoms with Crippen LogP contribution in [0, 0.1) is 11.7 Å². The lowest BCUT2D eigenvalue weighted by Gasteiger charge is -2.20. The molecule has 1 saturated carbocycles. The van der Waals surface area contributed by atoms with Gasteiger partial charge in [-0.05, 0) is 37.1 Å². The summed E-state index contributed by atoms with van der Waals surface area (Å²) in [6, 6.07) is 4.53. The van der Waals surface area contributed by atoms with E-state index in [0.29, 0.717) is 18.4 Å². The topological polar surface area (TPSA) is 97.1 Å². The second-order valence-electron chi connectivity index (χ2n) is 5.54. The predicted octanol–water partition coefficient (Wildman–Crippen LogP) is 1.25. The third-order valence-electron chi connectivity index (χ3n) is 4.08. The molecule has 1 aliphatic carbocycles. The van der Waals surface area contributed by atoms with E-state index < -0.39 is 17.7 Å². The molecule has 0 radical (unpaired) electrons. The Morgan fingerprint density at radius 3 is 2.61 bits per heavy atom. The zero-order valence-electron chi connectivity index (χ0n) is 12.1. The minimum Gasteiger partial charge on any atom is -0.481 e. The molecule has 3 atom stereocenters. The van der Waals surface area contributed by atoms with E-state index in [0.717, 1.165) is 0 Å². The smallest absolute Gasteiger partial charge is 0.306 e. The molecule has 0 saturated heterocycles. The first-order valence-electron chi connectivity index (χ1n) is 7.19. The van der Waals surface area contributed by atoms with Gasteiger partial charge in [-0.15, -0.1) is 5.10 Å². The lowest BCUT2D eigenvalue weighted by Crippen LogP contribution is -2.38. The van der Waals surface area contributed by atoms with E-state index >= 15 is 0 Å². The Morgan fingerprint density at radius 2 is 2.00 bits per heavy atom. The number of carbonyl (C=O) groups is 2. The molecule has 7 nitrogen and oxygen atoms in total. The third kappa shape index (κ3) is 3.20. The van der Waals surface area contributed by atoms with E-state index in [-0.39, 0.29) is 18.0 Å². The van der Waals surface area contributed by atoms with Crippen LogP contribution in [0.4, 0.5) is 4.39 Å². The number of rotatable bonds is 4. The van der Waals surface area contributed by atoms with Gasteiger partial charge in [0.05, 0.1) is 24.2 Å². The van der Waals surface area contributed by atoms with Crippen LogP contribution in [0.1, 0.15) is 29.2 Å². The molecule has 8 heteroatoms. The van der Waals surface area contributed by atoms with Crippen molar-refractivity contribution in [2.45, 2.75) is 24.9 Å². The maximum atomic E-state index is 12.9. The average Bonchev–Trinajstić information content (AvgIpc) is 3.16.